The van der Waals surface area contributed by atoms with Gasteiger partial charge in [0.05, 0.1) is 10.9 Å². The van der Waals surface area contributed by atoms with Crippen LogP contribution in [0.3, 0.4) is 0 Å². The number of nitrogens with one attached hydrogen (secondary N) is 1. The number of benzene rings is 2. The molecule has 5 rings (SSSR count). The van der Waals surface area contributed by atoms with Crippen LogP contribution in [0.15, 0.2) is 59.5 Å². The van der Waals surface area contributed by atoms with Gasteiger partial charge in [-0.25, -0.2) is 13.1 Å². The van der Waals surface area contributed by atoms with E-state index in [9.17, 15) is 13.2 Å². The SMILES string of the molecule is O=C(Nc1cccc(-c2nnnn2C2CC2)c1)C1(S(=O)(=O)c2ccccc2)CCCC1. The molecule has 2 aliphatic carbocycles. The predicted molar refractivity (Wildman–Crippen MR) is 115 cm³/mol. The van der Waals surface area contributed by atoms with Crippen LogP contribution in [0.25, 0.3) is 11.4 Å². The number of amides is 1. The Bertz CT molecular complexity index is 1210. The van der Waals surface area contributed by atoms with E-state index in [0.29, 0.717) is 43.2 Å². The molecule has 1 amide bonds. The standard InChI is InChI=1S/C22H23N5O3S/c28-21(22(13-4-5-14-22)31(29,30)19-9-2-1-3-10-19)23-17-8-6-7-16(15-17)20-24-25-26-27(20)18-11-12-18/h1-3,6-10,15,18H,4-5,11-14H2,(H,23,28). The van der Waals surface area contributed by atoms with Gasteiger partial charge in [-0.3, -0.25) is 4.79 Å². The Balaban J connectivity index is 1.45. The number of nitrogens with zero attached hydrogens (tertiary/aromatic N) is 4. The number of hydrogen-bond donors (Lipinski definition) is 1. The maximum absolute atomic E-state index is 13.5. The summed E-state index contributed by atoms with van der Waals surface area (Å²) in [7, 11) is -3.83. The van der Waals surface area contributed by atoms with Gasteiger partial charge in [0.2, 0.25) is 5.91 Å². The molecular weight excluding hydrogens is 414 g/mol. The van der Waals surface area contributed by atoms with E-state index in [4.69, 9.17) is 0 Å². The van der Waals surface area contributed by atoms with E-state index in [1.54, 1.807) is 47.1 Å². The molecule has 2 fully saturated rings. The van der Waals surface area contributed by atoms with Crippen LogP contribution in [0.4, 0.5) is 5.69 Å². The minimum atomic E-state index is -3.83. The maximum Gasteiger partial charge on any atom is 0.246 e. The molecule has 0 aliphatic heterocycles. The van der Waals surface area contributed by atoms with Crippen LogP contribution in [0.1, 0.15) is 44.6 Å². The summed E-state index contributed by atoms with van der Waals surface area (Å²) in [6.45, 7) is 0. The predicted octanol–water partition coefficient (Wildman–Crippen LogP) is 3.40. The van der Waals surface area contributed by atoms with E-state index in [1.165, 1.54) is 0 Å². The average Bonchev–Trinajstić information content (AvgIpc) is 3.28. The minimum Gasteiger partial charge on any atom is -0.325 e. The minimum absolute atomic E-state index is 0.185. The van der Waals surface area contributed by atoms with E-state index in [0.717, 1.165) is 18.4 Å². The van der Waals surface area contributed by atoms with Crippen LogP contribution >= 0.6 is 0 Å². The molecule has 0 atom stereocenters. The second kappa shape index (κ2) is 7.56. The van der Waals surface area contributed by atoms with Crippen molar-refractivity contribution < 1.29 is 13.2 Å². The number of rotatable bonds is 6. The highest BCUT2D eigenvalue weighted by Gasteiger charge is 2.52. The molecule has 0 bridgehead atoms. The summed E-state index contributed by atoms with van der Waals surface area (Å²) >= 11 is 0. The molecule has 1 aromatic heterocycles. The van der Waals surface area contributed by atoms with E-state index >= 15 is 0 Å². The summed E-state index contributed by atoms with van der Waals surface area (Å²) in [6, 6.07) is 15.8. The lowest BCUT2D eigenvalue weighted by molar-refractivity contribution is -0.118. The van der Waals surface area contributed by atoms with E-state index in [-0.39, 0.29) is 4.90 Å². The van der Waals surface area contributed by atoms with Crippen LogP contribution < -0.4 is 5.32 Å². The molecule has 31 heavy (non-hydrogen) atoms. The monoisotopic (exact) mass is 437 g/mol. The van der Waals surface area contributed by atoms with Crippen molar-refractivity contribution in [1.29, 1.82) is 0 Å². The summed E-state index contributed by atoms with van der Waals surface area (Å²) in [4.78, 5) is 13.6. The average molecular weight is 438 g/mol. The number of sulfone groups is 1. The summed E-state index contributed by atoms with van der Waals surface area (Å²) in [5.74, 6) is 0.166. The Morgan fingerprint density at radius 3 is 2.48 bits per heavy atom. The third-order valence-electron chi connectivity index (χ3n) is 6.16. The van der Waals surface area contributed by atoms with Crippen LogP contribution in [0, 0.1) is 0 Å². The van der Waals surface area contributed by atoms with Crippen LogP contribution in [-0.4, -0.2) is 39.3 Å². The molecule has 0 saturated heterocycles. The molecule has 2 aromatic carbocycles. The molecule has 3 aromatic rings. The number of tetrazole rings is 1. The van der Waals surface area contributed by atoms with Gasteiger partial charge in [-0.05, 0) is 60.4 Å². The van der Waals surface area contributed by atoms with Gasteiger partial charge < -0.3 is 5.32 Å². The fourth-order valence-corrected chi connectivity index (χ4v) is 6.41. The Hall–Kier alpha value is -3.07. The van der Waals surface area contributed by atoms with E-state index < -0.39 is 20.5 Å². The Morgan fingerprint density at radius 2 is 1.77 bits per heavy atom. The van der Waals surface area contributed by atoms with Gasteiger partial charge in [0, 0.05) is 11.3 Å². The second-order valence-corrected chi connectivity index (χ2v) is 10.5. The summed E-state index contributed by atoms with van der Waals surface area (Å²) in [5, 5.41) is 14.9. The third kappa shape index (κ3) is 3.42. The molecule has 1 heterocycles. The Kier molecular flexibility index (Phi) is 4.85. The Labute approximate surface area is 180 Å². The van der Waals surface area contributed by atoms with Crippen molar-refractivity contribution in [2.45, 2.75) is 54.2 Å². The smallest absolute Gasteiger partial charge is 0.246 e. The van der Waals surface area contributed by atoms with Gasteiger partial charge >= 0.3 is 0 Å². The van der Waals surface area contributed by atoms with Crippen LogP contribution in [-0.2, 0) is 14.6 Å². The summed E-state index contributed by atoms with van der Waals surface area (Å²) in [6.07, 6.45) is 4.14. The van der Waals surface area contributed by atoms with Gasteiger partial charge in [-0.15, -0.1) is 5.10 Å². The number of aromatic nitrogens is 4. The zero-order valence-electron chi connectivity index (χ0n) is 16.9. The first-order valence-corrected chi connectivity index (χ1v) is 12.0. The number of carbonyl (C=O) groups excluding carboxylic acids is 1. The zero-order valence-corrected chi connectivity index (χ0v) is 17.8. The first-order chi connectivity index (χ1) is 15.0. The first kappa shape index (κ1) is 19.9. The lowest BCUT2D eigenvalue weighted by atomic mass is 10.1. The molecule has 0 unspecified atom stereocenters. The molecule has 0 spiro atoms. The summed E-state index contributed by atoms with van der Waals surface area (Å²) < 4.78 is 27.3. The highest BCUT2D eigenvalue weighted by atomic mass is 32.2. The lowest BCUT2D eigenvalue weighted by Crippen LogP contribution is -2.47. The number of carbonyl (C=O) groups is 1. The van der Waals surface area contributed by atoms with Crippen molar-refractivity contribution in [1.82, 2.24) is 20.2 Å². The maximum atomic E-state index is 13.5. The fraction of sp³-hybridized carbons (Fsp3) is 0.364. The van der Waals surface area contributed by atoms with Crippen molar-refractivity contribution in [3.63, 3.8) is 0 Å². The largest absolute Gasteiger partial charge is 0.325 e. The molecule has 8 nitrogen and oxygen atoms in total. The molecule has 9 heteroatoms. The topological polar surface area (TPSA) is 107 Å². The molecule has 2 aliphatic rings. The molecule has 2 saturated carbocycles. The van der Waals surface area contributed by atoms with E-state index in [2.05, 4.69) is 20.8 Å². The van der Waals surface area contributed by atoms with Crippen molar-refractivity contribution in [2.75, 3.05) is 5.32 Å². The fourth-order valence-electron chi connectivity index (χ4n) is 4.32. The molecule has 0 radical (unpaired) electrons. The van der Waals surface area contributed by atoms with Gasteiger partial charge in [0.25, 0.3) is 0 Å². The highest BCUT2D eigenvalue weighted by Crippen LogP contribution is 2.42. The van der Waals surface area contributed by atoms with Gasteiger partial charge in [0.15, 0.2) is 20.4 Å². The van der Waals surface area contributed by atoms with Crippen LogP contribution in [0.2, 0.25) is 0 Å². The molecular formula is C22H23N5O3S. The van der Waals surface area contributed by atoms with Crippen molar-refractivity contribution in [2.24, 2.45) is 0 Å². The van der Waals surface area contributed by atoms with Gasteiger partial charge in [0.1, 0.15) is 0 Å². The summed E-state index contributed by atoms with van der Waals surface area (Å²) in [5.41, 5.74) is 1.31. The lowest BCUT2D eigenvalue weighted by Gasteiger charge is -2.27. The van der Waals surface area contributed by atoms with Gasteiger partial charge in [-0.2, -0.15) is 0 Å². The Morgan fingerprint density at radius 1 is 1.03 bits per heavy atom. The molecule has 1 N–H and O–H groups in total. The second-order valence-electron chi connectivity index (χ2n) is 8.23. The quantitative estimate of drug-likeness (QED) is 0.633. The van der Waals surface area contributed by atoms with Crippen molar-refractivity contribution in [3.8, 4) is 11.4 Å². The normalized spacial score (nSPS) is 18.1. The number of anilines is 1. The van der Waals surface area contributed by atoms with E-state index in [1.807, 2.05) is 12.1 Å². The molecule has 160 valence electrons. The first-order valence-electron chi connectivity index (χ1n) is 10.5. The number of hydrogen-bond acceptors (Lipinski definition) is 6. The van der Waals surface area contributed by atoms with Crippen LogP contribution in [0.5, 0.6) is 0 Å². The highest BCUT2D eigenvalue weighted by molar-refractivity contribution is 7.93. The van der Waals surface area contributed by atoms with Crippen molar-refractivity contribution in [3.05, 3.63) is 54.6 Å². The van der Waals surface area contributed by atoms with Gasteiger partial charge in [-0.1, -0.05) is 43.2 Å². The third-order valence-corrected chi connectivity index (χ3v) is 8.67. The van der Waals surface area contributed by atoms with Crippen molar-refractivity contribution >= 4 is 21.4 Å². The zero-order chi connectivity index (χ0) is 21.5.